The first-order chi connectivity index (χ1) is 10.9. The molecule has 126 valence electrons. The molecule has 1 aromatic rings. The number of aliphatic hydroxyl groups excluding tert-OH is 1. The lowest BCUT2D eigenvalue weighted by molar-refractivity contribution is 0.0600. The lowest BCUT2D eigenvalue weighted by atomic mass is 10.00. The van der Waals surface area contributed by atoms with E-state index >= 15 is 0 Å². The minimum atomic E-state index is -0.535. The van der Waals surface area contributed by atoms with E-state index < -0.39 is 11.7 Å². The van der Waals surface area contributed by atoms with Crippen LogP contribution in [0.3, 0.4) is 0 Å². The molecule has 1 N–H and O–H groups in total. The SMILES string of the molecule is CC(C)(C)OC(=O)N=C1CCC(CO)N(Cc2ccccc2)C1. The second kappa shape index (κ2) is 7.70. The Kier molecular flexibility index (Phi) is 5.91. The summed E-state index contributed by atoms with van der Waals surface area (Å²) in [7, 11) is 0. The van der Waals surface area contributed by atoms with Gasteiger partial charge in [0, 0.05) is 24.8 Å². The highest BCUT2D eigenvalue weighted by atomic mass is 16.6. The summed E-state index contributed by atoms with van der Waals surface area (Å²) in [5.74, 6) is 0. The molecular weight excluding hydrogens is 292 g/mol. The number of nitrogens with zero attached hydrogens (tertiary/aromatic N) is 2. The van der Waals surface area contributed by atoms with Gasteiger partial charge >= 0.3 is 6.09 Å². The average molecular weight is 318 g/mol. The van der Waals surface area contributed by atoms with Crippen LogP contribution in [-0.4, -0.2) is 46.6 Å². The van der Waals surface area contributed by atoms with Gasteiger partial charge < -0.3 is 9.84 Å². The lowest BCUT2D eigenvalue weighted by Crippen LogP contribution is -2.45. The van der Waals surface area contributed by atoms with Crippen molar-refractivity contribution in [3.63, 3.8) is 0 Å². The van der Waals surface area contributed by atoms with Crippen LogP contribution in [0.25, 0.3) is 0 Å². The molecule has 1 aromatic carbocycles. The predicted molar refractivity (Wildman–Crippen MR) is 90.6 cm³/mol. The molecule has 0 bridgehead atoms. The average Bonchev–Trinajstić information content (AvgIpc) is 2.46. The van der Waals surface area contributed by atoms with Crippen LogP contribution in [0, 0.1) is 0 Å². The summed E-state index contributed by atoms with van der Waals surface area (Å²) in [6, 6.07) is 10.2. The number of ether oxygens (including phenoxy) is 1. The van der Waals surface area contributed by atoms with Gasteiger partial charge in [0.25, 0.3) is 0 Å². The smallest absolute Gasteiger partial charge is 0.434 e. The van der Waals surface area contributed by atoms with Crippen LogP contribution in [0.2, 0.25) is 0 Å². The van der Waals surface area contributed by atoms with Crippen molar-refractivity contribution in [2.75, 3.05) is 13.2 Å². The first-order valence-corrected chi connectivity index (χ1v) is 8.05. The Balaban J connectivity index is 2.04. The first-order valence-electron chi connectivity index (χ1n) is 8.05. The summed E-state index contributed by atoms with van der Waals surface area (Å²) in [6.07, 6.45) is 0.982. The Labute approximate surface area is 138 Å². The van der Waals surface area contributed by atoms with Crippen LogP contribution in [0.4, 0.5) is 4.79 Å². The fourth-order valence-corrected chi connectivity index (χ4v) is 2.67. The van der Waals surface area contributed by atoms with Gasteiger partial charge in [0.1, 0.15) is 5.60 Å². The molecule has 5 nitrogen and oxygen atoms in total. The Morgan fingerprint density at radius 2 is 2.04 bits per heavy atom. The highest BCUT2D eigenvalue weighted by Crippen LogP contribution is 2.19. The Hall–Kier alpha value is -1.72. The van der Waals surface area contributed by atoms with Crippen LogP contribution < -0.4 is 0 Å². The number of hydrogen-bond donors (Lipinski definition) is 1. The van der Waals surface area contributed by atoms with Crippen LogP contribution in [0.5, 0.6) is 0 Å². The molecule has 0 aliphatic carbocycles. The van der Waals surface area contributed by atoms with Crippen LogP contribution in [0.1, 0.15) is 39.2 Å². The molecule has 0 aromatic heterocycles. The molecular formula is C18H26N2O3. The van der Waals surface area contributed by atoms with E-state index in [9.17, 15) is 9.90 Å². The van der Waals surface area contributed by atoms with Gasteiger partial charge in [0.15, 0.2) is 0 Å². The lowest BCUT2D eigenvalue weighted by Gasteiger charge is -2.35. The molecule has 0 saturated carbocycles. The van der Waals surface area contributed by atoms with Gasteiger partial charge in [-0.25, -0.2) is 4.79 Å². The Morgan fingerprint density at radius 3 is 2.65 bits per heavy atom. The fraction of sp³-hybridized carbons (Fsp3) is 0.556. The van der Waals surface area contributed by atoms with E-state index in [4.69, 9.17) is 4.74 Å². The van der Waals surface area contributed by atoms with Gasteiger partial charge in [-0.1, -0.05) is 30.3 Å². The molecule has 0 radical (unpaired) electrons. The number of piperidine rings is 1. The topological polar surface area (TPSA) is 62.1 Å². The van der Waals surface area contributed by atoms with Crippen molar-refractivity contribution in [3.05, 3.63) is 35.9 Å². The third kappa shape index (κ3) is 5.77. The van der Waals surface area contributed by atoms with Gasteiger partial charge in [-0.15, -0.1) is 0 Å². The van der Waals surface area contributed by atoms with Crippen molar-refractivity contribution < 1.29 is 14.6 Å². The number of hydrogen-bond acceptors (Lipinski definition) is 4. The number of rotatable bonds is 3. The second-order valence-corrected chi connectivity index (χ2v) is 6.92. The second-order valence-electron chi connectivity index (χ2n) is 6.92. The minimum Gasteiger partial charge on any atom is -0.442 e. The van der Waals surface area contributed by atoms with Crippen LogP contribution in [0.15, 0.2) is 35.3 Å². The summed E-state index contributed by atoms with van der Waals surface area (Å²) < 4.78 is 5.25. The van der Waals surface area contributed by atoms with Crippen molar-refractivity contribution >= 4 is 11.8 Å². The summed E-state index contributed by atoms with van der Waals surface area (Å²) in [6.45, 7) is 6.92. The number of likely N-dealkylation sites (tertiary alicyclic amines) is 1. The van der Waals surface area contributed by atoms with Crippen molar-refractivity contribution in [2.24, 2.45) is 4.99 Å². The largest absolute Gasteiger partial charge is 0.442 e. The number of amides is 1. The Bertz CT molecular complexity index is 549. The molecule has 2 rings (SSSR count). The number of carbonyl (C=O) groups excluding carboxylic acids is 1. The number of aliphatic imine (C=N–C) groups is 1. The summed E-state index contributed by atoms with van der Waals surface area (Å²) in [5.41, 5.74) is 1.47. The monoisotopic (exact) mass is 318 g/mol. The number of carbonyl (C=O) groups is 1. The molecule has 1 amide bonds. The fourth-order valence-electron chi connectivity index (χ4n) is 2.67. The van der Waals surface area contributed by atoms with Crippen molar-refractivity contribution in [3.8, 4) is 0 Å². The molecule has 1 aliphatic rings. The minimum absolute atomic E-state index is 0.104. The summed E-state index contributed by atoms with van der Waals surface area (Å²) >= 11 is 0. The zero-order chi connectivity index (χ0) is 16.9. The highest BCUT2D eigenvalue weighted by Gasteiger charge is 2.26. The van der Waals surface area contributed by atoms with Crippen molar-refractivity contribution in [1.29, 1.82) is 0 Å². The molecule has 1 fully saturated rings. The third-order valence-electron chi connectivity index (χ3n) is 3.75. The van der Waals surface area contributed by atoms with E-state index in [2.05, 4.69) is 22.0 Å². The van der Waals surface area contributed by atoms with Crippen molar-refractivity contribution in [2.45, 2.75) is 51.8 Å². The maximum atomic E-state index is 11.9. The summed E-state index contributed by atoms with van der Waals surface area (Å²) in [4.78, 5) is 18.1. The van der Waals surface area contributed by atoms with Gasteiger partial charge in [0.2, 0.25) is 0 Å². The van der Waals surface area contributed by atoms with E-state index in [1.54, 1.807) is 0 Å². The molecule has 1 aliphatic heterocycles. The zero-order valence-electron chi connectivity index (χ0n) is 14.2. The molecule has 1 unspecified atom stereocenters. The van der Waals surface area contributed by atoms with E-state index in [0.717, 1.165) is 25.1 Å². The molecule has 23 heavy (non-hydrogen) atoms. The predicted octanol–water partition coefficient (Wildman–Crippen LogP) is 3.02. The quantitative estimate of drug-likeness (QED) is 0.930. The normalized spacial score (nSPS) is 21.4. The third-order valence-corrected chi connectivity index (χ3v) is 3.75. The number of aliphatic hydroxyl groups is 1. The van der Waals surface area contributed by atoms with E-state index in [-0.39, 0.29) is 12.6 Å². The van der Waals surface area contributed by atoms with Crippen molar-refractivity contribution in [1.82, 2.24) is 4.90 Å². The number of benzene rings is 1. The summed E-state index contributed by atoms with van der Waals surface area (Å²) in [5, 5.41) is 9.59. The van der Waals surface area contributed by atoms with E-state index in [0.29, 0.717) is 6.54 Å². The highest BCUT2D eigenvalue weighted by molar-refractivity contribution is 5.95. The standard InChI is InChI=1S/C18H26N2O3/c1-18(2,3)23-17(22)19-15-9-10-16(13-21)20(12-15)11-14-7-5-4-6-8-14/h4-8,16,21H,9-13H2,1-3H3. The maximum absolute atomic E-state index is 11.9. The first kappa shape index (κ1) is 17.6. The molecule has 0 spiro atoms. The van der Waals surface area contributed by atoms with Gasteiger partial charge in [-0.2, -0.15) is 4.99 Å². The molecule has 5 heteroatoms. The molecule has 1 heterocycles. The molecule has 1 atom stereocenters. The van der Waals surface area contributed by atoms with Crippen LogP contribution >= 0.6 is 0 Å². The molecule has 1 saturated heterocycles. The Morgan fingerprint density at radius 1 is 1.35 bits per heavy atom. The van der Waals surface area contributed by atoms with E-state index in [1.807, 2.05) is 39.0 Å². The van der Waals surface area contributed by atoms with Gasteiger partial charge in [-0.05, 0) is 39.2 Å². The van der Waals surface area contributed by atoms with Gasteiger partial charge in [0.05, 0.1) is 6.61 Å². The van der Waals surface area contributed by atoms with Gasteiger partial charge in [-0.3, -0.25) is 4.90 Å². The zero-order valence-corrected chi connectivity index (χ0v) is 14.2. The maximum Gasteiger partial charge on any atom is 0.434 e. The van der Waals surface area contributed by atoms with E-state index in [1.165, 1.54) is 5.56 Å². The van der Waals surface area contributed by atoms with Crippen LogP contribution in [-0.2, 0) is 11.3 Å².